The molecular weight excluding hydrogens is 446 g/mol. The van der Waals surface area contributed by atoms with E-state index in [2.05, 4.69) is 4.99 Å². The van der Waals surface area contributed by atoms with Gasteiger partial charge in [0.25, 0.3) is 11.6 Å². The van der Waals surface area contributed by atoms with Crippen LogP contribution in [0.2, 0.25) is 5.02 Å². The minimum absolute atomic E-state index is 0.187. The lowest BCUT2D eigenvalue weighted by atomic mass is 10.2. The van der Waals surface area contributed by atoms with Crippen LogP contribution in [-0.2, 0) is 16.0 Å². The van der Waals surface area contributed by atoms with Gasteiger partial charge < -0.3 is 14.0 Å². The van der Waals surface area contributed by atoms with E-state index in [0.717, 1.165) is 5.52 Å². The average molecular weight is 464 g/mol. The van der Waals surface area contributed by atoms with E-state index >= 15 is 0 Å². The number of hydrogen-bond acceptors (Lipinski definition) is 7. The Morgan fingerprint density at radius 2 is 2.03 bits per heavy atom. The molecule has 0 aliphatic rings. The third-order valence-corrected chi connectivity index (χ3v) is 5.63. The second kappa shape index (κ2) is 9.82. The molecular formula is C20H18ClN3O6S. The highest BCUT2D eigenvalue weighted by molar-refractivity contribution is 7.16. The maximum absolute atomic E-state index is 12.8. The van der Waals surface area contributed by atoms with E-state index in [1.165, 1.54) is 36.6 Å². The molecule has 0 saturated carbocycles. The third kappa shape index (κ3) is 4.98. The zero-order chi connectivity index (χ0) is 22.5. The van der Waals surface area contributed by atoms with E-state index in [1.807, 2.05) is 6.92 Å². The van der Waals surface area contributed by atoms with Crippen LogP contribution in [0.25, 0.3) is 10.2 Å². The SMILES string of the molecule is CCOCCn1c(=NC(=O)c2cc(Cl)ccc2[N+](=O)[O-])sc2cc(C(=O)OC)ccc21. The van der Waals surface area contributed by atoms with Crippen LogP contribution < -0.4 is 4.80 Å². The van der Waals surface area contributed by atoms with Crippen molar-refractivity contribution in [3.05, 3.63) is 67.5 Å². The first kappa shape index (κ1) is 22.6. The van der Waals surface area contributed by atoms with E-state index in [0.29, 0.717) is 34.8 Å². The summed E-state index contributed by atoms with van der Waals surface area (Å²) in [7, 11) is 1.29. The van der Waals surface area contributed by atoms with Crippen LogP contribution in [0.5, 0.6) is 0 Å². The second-order valence-electron chi connectivity index (χ2n) is 6.24. The van der Waals surface area contributed by atoms with Gasteiger partial charge in [0, 0.05) is 24.2 Å². The van der Waals surface area contributed by atoms with Gasteiger partial charge in [-0.1, -0.05) is 22.9 Å². The largest absolute Gasteiger partial charge is 0.465 e. The van der Waals surface area contributed by atoms with Crippen LogP contribution in [0.15, 0.2) is 41.4 Å². The minimum Gasteiger partial charge on any atom is -0.465 e. The summed E-state index contributed by atoms with van der Waals surface area (Å²) in [6.45, 7) is 3.16. The molecule has 162 valence electrons. The summed E-state index contributed by atoms with van der Waals surface area (Å²) in [6, 6.07) is 8.72. The lowest BCUT2D eigenvalue weighted by Crippen LogP contribution is -2.20. The maximum atomic E-state index is 12.8. The molecule has 0 atom stereocenters. The molecule has 31 heavy (non-hydrogen) atoms. The summed E-state index contributed by atoms with van der Waals surface area (Å²) in [6.07, 6.45) is 0. The highest BCUT2D eigenvalue weighted by Gasteiger charge is 2.21. The Labute approximate surface area is 185 Å². The number of nitro groups is 1. The number of thiazole rings is 1. The van der Waals surface area contributed by atoms with Crippen molar-refractivity contribution in [2.75, 3.05) is 20.3 Å². The van der Waals surface area contributed by atoms with Crippen molar-refractivity contribution in [2.24, 2.45) is 4.99 Å². The van der Waals surface area contributed by atoms with Gasteiger partial charge >= 0.3 is 5.97 Å². The number of benzene rings is 2. The summed E-state index contributed by atoms with van der Waals surface area (Å²) in [5, 5.41) is 11.5. The molecule has 3 rings (SSSR count). The standard InChI is InChI=1S/C20H18ClN3O6S/c1-3-30-9-8-23-16-6-4-12(19(26)29-2)10-17(16)31-20(23)22-18(25)14-11-13(21)5-7-15(14)24(27)28/h4-7,10-11H,3,8-9H2,1-2H3. The van der Waals surface area contributed by atoms with Gasteiger partial charge in [0.15, 0.2) is 4.80 Å². The molecule has 3 aromatic rings. The summed E-state index contributed by atoms with van der Waals surface area (Å²) in [4.78, 5) is 39.8. The highest BCUT2D eigenvalue weighted by Crippen LogP contribution is 2.24. The first-order valence-electron chi connectivity index (χ1n) is 9.18. The monoisotopic (exact) mass is 463 g/mol. The fourth-order valence-electron chi connectivity index (χ4n) is 2.91. The number of carbonyl (C=O) groups is 2. The number of amides is 1. The Kier molecular flexibility index (Phi) is 7.16. The predicted molar refractivity (Wildman–Crippen MR) is 116 cm³/mol. The van der Waals surface area contributed by atoms with Gasteiger partial charge in [-0.25, -0.2) is 4.79 Å². The van der Waals surface area contributed by atoms with Gasteiger partial charge in [0.05, 0.1) is 34.4 Å². The summed E-state index contributed by atoms with van der Waals surface area (Å²) < 4.78 is 12.6. The lowest BCUT2D eigenvalue weighted by Gasteiger charge is -2.06. The molecule has 0 bridgehead atoms. The summed E-state index contributed by atoms with van der Waals surface area (Å²) >= 11 is 7.10. The van der Waals surface area contributed by atoms with Crippen LogP contribution in [-0.4, -0.2) is 41.7 Å². The number of methoxy groups -OCH3 is 1. The maximum Gasteiger partial charge on any atom is 0.337 e. The molecule has 0 fully saturated rings. The fraction of sp³-hybridized carbons (Fsp3) is 0.250. The molecule has 0 N–H and O–H groups in total. The lowest BCUT2D eigenvalue weighted by molar-refractivity contribution is -0.385. The third-order valence-electron chi connectivity index (χ3n) is 4.35. The topological polar surface area (TPSA) is 113 Å². The van der Waals surface area contributed by atoms with Crippen molar-refractivity contribution in [3.8, 4) is 0 Å². The molecule has 0 saturated heterocycles. The predicted octanol–water partition coefficient (Wildman–Crippen LogP) is 3.83. The van der Waals surface area contributed by atoms with Gasteiger partial charge in [-0.05, 0) is 37.3 Å². The molecule has 0 spiro atoms. The minimum atomic E-state index is -0.792. The normalized spacial score (nSPS) is 11.6. The Morgan fingerprint density at radius 1 is 1.26 bits per heavy atom. The molecule has 1 aromatic heterocycles. The highest BCUT2D eigenvalue weighted by atomic mass is 35.5. The molecule has 0 radical (unpaired) electrons. The van der Waals surface area contributed by atoms with Crippen LogP contribution in [0, 0.1) is 10.1 Å². The van der Waals surface area contributed by atoms with Crippen molar-refractivity contribution in [2.45, 2.75) is 13.5 Å². The van der Waals surface area contributed by atoms with E-state index in [9.17, 15) is 19.7 Å². The van der Waals surface area contributed by atoms with E-state index in [4.69, 9.17) is 21.1 Å². The molecule has 9 nitrogen and oxygen atoms in total. The molecule has 1 amide bonds. The Morgan fingerprint density at radius 3 is 2.71 bits per heavy atom. The van der Waals surface area contributed by atoms with Crippen molar-refractivity contribution in [3.63, 3.8) is 0 Å². The van der Waals surface area contributed by atoms with Gasteiger partial charge in [-0.15, -0.1) is 0 Å². The van der Waals surface area contributed by atoms with Gasteiger partial charge in [-0.2, -0.15) is 4.99 Å². The van der Waals surface area contributed by atoms with Crippen LogP contribution in [0.1, 0.15) is 27.6 Å². The number of hydrogen-bond donors (Lipinski definition) is 0. The number of ether oxygens (including phenoxy) is 2. The number of carbonyl (C=O) groups excluding carboxylic acids is 2. The summed E-state index contributed by atoms with van der Waals surface area (Å²) in [5.74, 6) is -1.28. The Bertz CT molecular complexity index is 1230. The zero-order valence-electron chi connectivity index (χ0n) is 16.7. The average Bonchev–Trinajstić information content (AvgIpc) is 3.09. The van der Waals surface area contributed by atoms with Crippen LogP contribution >= 0.6 is 22.9 Å². The van der Waals surface area contributed by atoms with E-state index < -0.39 is 16.8 Å². The molecule has 2 aromatic carbocycles. The Hall–Kier alpha value is -3.08. The van der Waals surface area contributed by atoms with Gasteiger partial charge in [0.2, 0.25) is 0 Å². The molecule has 11 heteroatoms. The van der Waals surface area contributed by atoms with Crippen molar-refractivity contribution < 1.29 is 24.0 Å². The summed E-state index contributed by atoms with van der Waals surface area (Å²) in [5.41, 5.74) is 0.510. The number of fused-ring (bicyclic) bond motifs is 1. The molecule has 0 aliphatic heterocycles. The van der Waals surface area contributed by atoms with Gasteiger partial charge in [0.1, 0.15) is 5.56 Å². The zero-order valence-corrected chi connectivity index (χ0v) is 18.2. The number of halogens is 1. The molecule has 1 heterocycles. The van der Waals surface area contributed by atoms with Crippen LogP contribution in [0.3, 0.4) is 0 Å². The van der Waals surface area contributed by atoms with Crippen LogP contribution in [0.4, 0.5) is 5.69 Å². The Balaban J connectivity index is 2.15. The first-order valence-corrected chi connectivity index (χ1v) is 10.4. The molecule has 0 aliphatic carbocycles. The molecule has 0 unspecified atom stereocenters. The van der Waals surface area contributed by atoms with Gasteiger partial charge in [-0.3, -0.25) is 14.9 Å². The number of esters is 1. The fourth-order valence-corrected chi connectivity index (χ4v) is 4.17. The number of rotatable bonds is 7. The second-order valence-corrected chi connectivity index (χ2v) is 7.69. The number of aromatic nitrogens is 1. The smallest absolute Gasteiger partial charge is 0.337 e. The number of nitro benzene ring substituents is 1. The van der Waals surface area contributed by atoms with E-state index in [-0.39, 0.29) is 16.3 Å². The van der Waals surface area contributed by atoms with Crippen molar-refractivity contribution >= 4 is 50.7 Å². The van der Waals surface area contributed by atoms with E-state index in [1.54, 1.807) is 22.8 Å². The van der Waals surface area contributed by atoms with Crippen molar-refractivity contribution in [1.29, 1.82) is 0 Å². The number of nitrogens with zero attached hydrogens (tertiary/aromatic N) is 3. The quantitative estimate of drug-likeness (QED) is 0.228. The first-order chi connectivity index (χ1) is 14.8. The van der Waals surface area contributed by atoms with Crippen molar-refractivity contribution in [1.82, 2.24) is 4.57 Å².